The maximum atomic E-state index is 11.9. The van der Waals surface area contributed by atoms with Crippen LogP contribution in [0.15, 0.2) is 27.6 Å². The third kappa shape index (κ3) is 4.22. The molecule has 1 aromatic rings. The second-order valence-electron chi connectivity index (χ2n) is 3.62. The van der Waals surface area contributed by atoms with Crippen molar-refractivity contribution >= 4 is 37.6 Å². The maximum Gasteiger partial charge on any atom is 0.240 e. The maximum absolute atomic E-state index is 11.9. The average molecular weight is 342 g/mol. The Bertz CT molecular complexity index is 493. The lowest BCUT2D eigenvalue weighted by molar-refractivity contribution is 0.554. The van der Waals surface area contributed by atoms with E-state index in [2.05, 4.69) is 26.0 Å². The van der Waals surface area contributed by atoms with E-state index < -0.39 is 10.0 Å². The quantitative estimate of drug-likeness (QED) is 0.861. The molecule has 0 heterocycles. The largest absolute Gasteiger partial charge is 0.316 e. The summed E-state index contributed by atoms with van der Waals surface area (Å²) in [7, 11) is -1.71. The van der Waals surface area contributed by atoms with E-state index in [1.165, 1.54) is 12.1 Å². The standard InChI is InChI=1S/C10H14BrClN2O2S/c1-7(13-2)6-14-17(15,16)8-3-4-10(12)9(11)5-8/h3-5,7,13-14H,6H2,1-2H3. The molecule has 0 aliphatic rings. The minimum absolute atomic E-state index is 0.0699. The molecule has 0 saturated carbocycles. The molecule has 0 aliphatic heterocycles. The minimum atomic E-state index is -3.48. The summed E-state index contributed by atoms with van der Waals surface area (Å²) >= 11 is 9.00. The van der Waals surface area contributed by atoms with Crippen LogP contribution in [0.4, 0.5) is 0 Å². The van der Waals surface area contributed by atoms with Crippen LogP contribution in [0.1, 0.15) is 6.92 Å². The van der Waals surface area contributed by atoms with Gasteiger partial charge in [-0.3, -0.25) is 0 Å². The third-order valence-electron chi connectivity index (χ3n) is 2.27. The van der Waals surface area contributed by atoms with Crippen LogP contribution in [0.2, 0.25) is 5.02 Å². The van der Waals surface area contributed by atoms with Crippen LogP contribution in [-0.2, 0) is 10.0 Å². The van der Waals surface area contributed by atoms with E-state index >= 15 is 0 Å². The molecule has 96 valence electrons. The first-order valence-corrected chi connectivity index (χ1v) is 7.64. The molecule has 17 heavy (non-hydrogen) atoms. The first kappa shape index (κ1) is 14.9. The second kappa shape index (κ2) is 6.15. The van der Waals surface area contributed by atoms with Crippen molar-refractivity contribution in [2.75, 3.05) is 13.6 Å². The van der Waals surface area contributed by atoms with Gasteiger partial charge in [0.1, 0.15) is 0 Å². The van der Waals surface area contributed by atoms with Gasteiger partial charge in [0, 0.05) is 17.1 Å². The van der Waals surface area contributed by atoms with Crippen LogP contribution < -0.4 is 10.0 Å². The number of benzene rings is 1. The van der Waals surface area contributed by atoms with E-state index in [9.17, 15) is 8.42 Å². The normalized spacial score (nSPS) is 13.6. The van der Waals surface area contributed by atoms with Crippen molar-refractivity contribution in [2.24, 2.45) is 0 Å². The van der Waals surface area contributed by atoms with E-state index in [1.54, 1.807) is 13.1 Å². The van der Waals surface area contributed by atoms with Gasteiger partial charge < -0.3 is 5.32 Å². The highest BCUT2D eigenvalue weighted by molar-refractivity contribution is 9.10. The Morgan fingerprint density at radius 3 is 2.65 bits per heavy atom. The molecule has 1 aromatic carbocycles. The van der Waals surface area contributed by atoms with Gasteiger partial charge in [-0.1, -0.05) is 11.6 Å². The monoisotopic (exact) mass is 340 g/mol. The Balaban J connectivity index is 2.86. The molecule has 0 bridgehead atoms. The Hall–Kier alpha value is -0.140. The van der Waals surface area contributed by atoms with Crippen molar-refractivity contribution in [2.45, 2.75) is 17.9 Å². The van der Waals surface area contributed by atoms with Crippen LogP contribution in [0, 0.1) is 0 Å². The lowest BCUT2D eigenvalue weighted by Crippen LogP contribution is -2.37. The molecule has 1 rings (SSSR count). The highest BCUT2D eigenvalue weighted by Gasteiger charge is 2.15. The number of sulfonamides is 1. The van der Waals surface area contributed by atoms with Crippen LogP contribution in [0.5, 0.6) is 0 Å². The fraction of sp³-hybridized carbons (Fsp3) is 0.400. The van der Waals surface area contributed by atoms with Crippen LogP contribution >= 0.6 is 27.5 Å². The van der Waals surface area contributed by atoms with Crippen LogP contribution in [-0.4, -0.2) is 28.1 Å². The number of hydrogen-bond donors (Lipinski definition) is 2. The molecule has 1 unspecified atom stereocenters. The van der Waals surface area contributed by atoms with Gasteiger partial charge in [-0.15, -0.1) is 0 Å². The molecule has 2 N–H and O–H groups in total. The van der Waals surface area contributed by atoms with Crippen molar-refractivity contribution in [3.05, 3.63) is 27.7 Å². The molecule has 0 fully saturated rings. The summed E-state index contributed by atoms with van der Waals surface area (Å²) in [5, 5.41) is 3.43. The first-order chi connectivity index (χ1) is 7.86. The lowest BCUT2D eigenvalue weighted by Gasteiger charge is -2.12. The number of rotatable bonds is 5. The van der Waals surface area contributed by atoms with Gasteiger partial charge >= 0.3 is 0 Å². The Morgan fingerprint density at radius 1 is 1.47 bits per heavy atom. The van der Waals surface area contributed by atoms with Gasteiger partial charge in [0.05, 0.1) is 9.92 Å². The zero-order valence-electron chi connectivity index (χ0n) is 9.50. The Morgan fingerprint density at radius 2 is 2.12 bits per heavy atom. The highest BCUT2D eigenvalue weighted by Crippen LogP contribution is 2.25. The number of nitrogens with one attached hydrogen (secondary N) is 2. The van der Waals surface area contributed by atoms with Crippen molar-refractivity contribution in [3.8, 4) is 0 Å². The van der Waals surface area contributed by atoms with Gasteiger partial charge in [0.25, 0.3) is 0 Å². The fourth-order valence-corrected chi connectivity index (χ4v) is 2.87. The first-order valence-electron chi connectivity index (χ1n) is 4.99. The molecule has 0 spiro atoms. The molecule has 0 saturated heterocycles. The van der Waals surface area contributed by atoms with E-state index in [1.807, 2.05) is 6.92 Å². The summed E-state index contributed by atoms with van der Waals surface area (Å²) in [5.41, 5.74) is 0. The van der Waals surface area contributed by atoms with Crippen LogP contribution in [0.25, 0.3) is 0 Å². The smallest absolute Gasteiger partial charge is 0.240 e. The minimum Gasteiger partial charge on any atom is -0.316 e. The van der Waals surface area contributed by atoms with Crippen molar-refractivity contribution < 1.29 is 8.42 Å². The average Bonchev–Trinajstić information content (AvgIpc) is 2.29. The Kier molecular flexibility index (Phi) is 5.40. The number of halogens is 2. The fourth-order valence-electron chi connectivity index (χ4n) is 1.06. The molecular weight excluding hydrogens is 328 g/mol. The number of hydrogen-bond acceptors (Lipinski definition) is 3. The summed E-state index contributed by atoms with van der Waals surface area (Å²) in [5.74, 6) is 0. The van der Waals surface area contributed by atoms with Crippen molar-refractivity contribution in [3.63, 3.8) is 0 Å². The van der Waals surface area contributed by atoms with Crippen molar-refractivity contribution in [1.82, 2.24) is 10.0 Å². The summed E-state index contributed by atoms with van der Waals surface area (Å²) < 4.78 is 26.9. The molecule has 4 nitrogen and oxygen atoms in total. The molecule has 1 atom stereocenters. The van der Waals surface area contributed by atoms with Gasteiger partial charge in [0.2, 0.25) is 10.0 Å². The van der Waals surface area contributed by atoms with Gasteiger partial charge in [-0.25, -0.2) is 13.1 Å². The van der Waals surface area contributed by atoms with Crippen LogP contribution in [0.3, 0.4) is 0 Å². The molecule has 0 radical (unpaired) electrons. The third-order valence-corrected chi connectivity index (χ3v) is 4.91. The zero-order chi connectivity index (χ0) is 13.1. The summed E-state index contributed by atoms with van der Waals surface area (Å²) in [6.45, 7) is 2.22. The molecule has 7 heteroatoms. The summed E-state index contributed by atoms with van der Waals surface area (Å²) in [6.07, 6.45) is 0. The second-order valence-corrected chi connectivity index (χ2v) is 6.65. The highest BCUT2D eigenvalue weighted by atomic mass is 79.9. The number of likely N-dealkylation sites (N-methyl/N-ethyl adjacent to an activating group) is 1. The van der Waals surface area contributed by atoms with Gasteiger partial charge in [-0.05, 0) is 48.1 Å². The van der Waals surface area contributed by atoms with E-state index in [0.29, 0.717) is 16.0 Å². The Labute approximate surface area is 115 Å². The molecular formula is C10H14BrClN2O2S. The summed E-state index contributed by atoms with van der Waals surface area (Å²) in [4.78, 5) is 0.192. The summed E-state index contributed by atoms with van der Waals surface area (Å²) in [6, 6.07) is 4.57. The topological polar surface area (TPSA) is 58.2 Å². The van der Waals surface area contributed by atoms with E-state index in [-0.39, 0.29) is 10.9 Å². The predicted molar refractivity (Wildman–Crippen MR) is 72.9 cm³/mol. The van der Waals surface area contributed by atoms with Gasteiger partial charge in [-0.2, -0.15) is 0 Å². The zero-order valence-corrected chi connectivity index (χ0v) is 12.7. The van der Waals surface area contributed by atoms with E-state index in [0.717, 1.165) is 0 Å². The van der Waals surface area contributed by atoms with Crippen molar-refractivity contribution in [1.29, 1.82) is 0 Å². The van der Waals surface area contributed by atoms with E-state index in [4.69, 9.17) is 11.6 Å². The molecule has 0 aliphatic carbocycles. The SMILES string of the molecule is CNC(C)CNS(=O)(=O)c1ccc(Cl)c(Br)c1. The predicted octanol–water partition coefficient (Wildman–Crippen LogP) is 1.99. The molecule has 0 amide bonds. The van der Waals surface area contributed by atoms with Gasteiger partial charge in [0.15, 0.2) is 0 Å². The lowest BCUT2D eigenvalue weighted by atomic mass is 10.4. The molecule has 0 aromatic heterocycles.